The lowest BCUT2D eigenvalue weighted by Gasteiger charge is -2.05. The summed E-state index contributed by atoms with van der Waals surface area (Å²) in [5.74, 6) is 0.172. The fraction of sp³-hybridized carbons (Fsp3) is 0.222. The van der Waals surface area contributed by atoms with E-state index in [-0.39, 0.29) is 17.8 Å². The molecule has 3 N–H and O–H groups in total. The van der Waals surface area contributed by atoms with Crippen molar-refractivity contribution in [2.45, 2.75) is 18.9 Å². The smallest absolute Gasteiger partial charge is 0.262 e. The van der Waals surface area contributed by atoms with E-state index in [9.17, 15) is 9.59 Å². The lowest BCUT2D eigenvalue weighted by Crippen LogP contribution is -2.28. The Balaban J connectivity index is 1.50. The van der Waals surface area contributed by atoms with Crippen molar-refractivity contribution in [1.29, 1.82) is 0 Å². The second-order valence-corrected chi connectivity index (χ2v) is 5.74. The first kappa shape index (κ1) is 17.4. The summed E-state index contributed by atoms with van der Waals surface area (Å²) in [5, 5.41) is 2.93. The molecule has 134 valence electrons. The highest BCUT2D eigenvalue weighted by atomic mass is 16.5. The van der Waals surface area contributed by atoms with Crippen molar-refractivity contribution in [1.82, 2.24) is 20.7 Å². The van der Waals surface area contributed by atoms with E-state index in [2.05, 4.69) is 26.1 Å². The molecule has 8 nitrogen and oxygen atoms in total. The zero-order chi connectivity index (χ0) is 18.4. The lowest BCUT2D eigenvalue weighted by molar-refractivity contribution is -0.116. The molecular weight excluding hydrogens is 334 g/mol. The summed E-state index contributed by atoms with van der Waals surface area (Å²) in [6.45, 7) is 0. The maximum Gasteiger partial charge on any atom is 0.262 e. The molecule has 0 radical (unpaired) electrons. The van der Waals surface area contributed by atoms with E-state index >= 15 is 0 Å². The van der Waals surface area contributed by atoms with E-state index in [0.29, 0.717) is 17.5 Å². The van der Waals surface area contributed by atoms with Crippen LogP contribution in [0.1, 0.15) is 28.8 Å². The number of aromatic nitrogens is 2. The van der Waals surface area contributed by atoms with E-state index < -0.39 is 0 Å². The first-order valence-corrected chi connectivity index (χ1v) is 8.16. The maximum atomic E-state index is 11.9. The van der Waals surface area contributed by atoms with E-state index in [4.69, 9.17) is 4.74 Å². The summed E-state index contributed by atoms with van der Waals surface area (Å²) in [7, 11) is 1.49. The van der Waals surface area contributed by atoms with Crippen LogP contribution in [0.5, 0.6) is 5.88 Å². The van der Waals surface area contributed by atoms with E-state index in [0.717, 1.165) is 18.4 Å². The molecule has 2 aromatic rings. The molecule has 1 aromatic carbocycles. The van der Waals surface area contributed by atoms with Crippen LogP contribution in [-0.4, -0.2) is 34.9 Å². The summed E-state index contributed by atoms with van der Waals surface area (Å²) in [5.41, 5.74) is 6.47. The Labute approximate surface area is 150 Å². The number of ether oxygens (including phenoxy) is 1. The van der Waals surface area contributed by atoms with Gasteiger partial charge in [-0.05, 0) is 36.6 Å². The minimum Gasteiger partial charge on any atom is -0.481 e. The zero-order valence-electron chi connectivity index (χ0n) is 14.2. The van der Waals surface area contributed by atoms with Gasteiger partial charge in [0.05, 0.1) is 7.11 Å². The molecule has 0 bridgehead atoms. The van der Waals surface area contributed by atoms with Crippen LogP contribution in [0.15, 0.2) is 42.6 Å². The van der Waals surface area contributed by atoms with Gasteiger partial charge in [0.1, 0.15) is 0 Å². The summed E-state index contributed by atoms with van der Waals surface area (Å²) < 4.78 is 4.97. The van der Waals surface area contributed by atoms with Crippen molar-refractivity contribution in [3.8, 4) is 5.88 Å². The highest BCUT2D eigenvalue weighted by Gasteiger charge is 2.23. The zero-order valence-corrected chi connectivity index (χ0v) is 14.2. The van der Waals surface area contributed by atoms with Crippen molar-refractivity contribution in [3.63, 3.8) is 0 Å². The molecule has 0 atom stereocenters. The van der Waals surface area contributed by atoms with Crippen LogP contribution < -0.4 is 20.9 Å². The topological polar surface area (TPSA) is 105 Å². The summed E-state index contributed by atoms with van der Waals surface area (Å²) in [4.78, 5) is 31.7. The number of carbonyl (C=O) groups excluding carboxylic acids is 2. The van der Waals surface area contributed by atoms with Crippen LogP contribution in [0, 0.1) is 0 Å². The third-order valence-electron chi connectivity index (χ3n) is 3.65. The van der Waals surface area contributed by atoms with Crippen LogP contribution in [0.25, 0.3) is 6.08 Å². The molecule has 1 saturated carbocycles. The molecule has 3 rings (SSSR count). The minimum atomic E-state index is -0.369. The molecule has 1 heterocycles. The van der Waals surface area contributed by atoms with Gasteiger partial charge in [-0.25, -0.2) is 4.98 Å². The highest BCUT2D eigenvalue weighted by Crippen LogP contribution is 2.19. The SMILES string of the molecule is COc1ccnc(NNC(=O)/C=C/c2ccc(C(=O)NC3CC3)cc2)n1. The molecule has 1 aliphatic carbocycles. The van der Waals surface area contributed by atoms with Crippen LogP contribution >= 0.6 is 0 Å². The Morgan fingerprint density at radius 3 is 2.65 bits per heavy atom. The molecular formula is C18H19N5O3. The van der Waals surface area contributed by atoms with Gasteiger partial charge in [0, 0.05) is 29.9 Å². The molecule has 1 aromatic heterocycles. The predicted octanol–water partition coefficient (Wildman–Crippen LogP) is 1.53. The molecule has 2 amide bonds. The van der Waals surface area contributed by atoms with E-state index in [1.807, 2.05) is 0 Å². The number of nitrogens with one attached hydrogen (secondary N) is 3. The summed E-state index contributed by atoms with van der Waals surface area (Å²) in [6, 6.07) is 8.96. The van der Waals surface area contributed by atoms with Gasteiger partial charge >= 0.3 is 0 Å². The summed E-state index contributed by atoms with van der Waals surface area (Å²) >= 11 is 0. The number of methoxy groups -OCH3 is 1. The standard InChI is InChI=1S/C18H19N5O3/c1-26-16-10-11-19-18(21-16)23-22-15(24)9-4-12-2-5-13(6-3-12)17(25)20-14-7-8-14/h2-6,9-11,14H,7-8H2,1H3,(H,20,25)(H,22,24)(H,19,21,23)/b9-4+. The Morgan fingerprint density at radius 1 is 1.19 bits per heavy atom. The molecule has 8 heteroatoms. The number of carbonyl (C=O) groups is 2. The number of rotatable bonds is 7. The van der Waals surface area contributed by atoms with Crippen LogP contribution in [-0.2, 0) is 4.79 Å². The van der Waals surface area contributed by atoms with Crippen LogP contribution in [0.3, 0.4) is 0 Å². The average Bonchev–Trinajstić information content (AvgIpc) is 3.49. The van der Waals surface area contributed by atoms with Crippen molar-refractivity contribution >= 4 is 23.8 Å². The molecule has 0 saturated heterocycles. The van der Waals surface area contributed by atoms with Gasteiger partial charge in [-0.3, -0.25) is 20.4 Å². The molecule has 0 spiro atoms. The maximum absolute atomic E-state index is 11.9. The van der Waals surface area contributed by atoms with Gasteiger partial charge < -0.3 is 10.1 Å². The second-order valence-electron chi connectivity index (χ2n) is 5.74. The molecule has 1 fully saturated rings. The normalized spacial score (nSPS) is 13.3. The molecule has 0 aliphatic heterocycles. The first-order chi connectivity index (χ1) is 12.6. The van der Waals surface area contributed by atoms with Gasteiger partial charge in [-0.2, -0.15) is 4.98 Å². The van der Waals surface area contributed by atoms with Crippen LogP contribution in [0.2, 0.25) is 0 Å². The predicted molar refractivity (Wildman–Crippen MR) is 96.3 cm³/mol. The van der Waals surface area contributed by atoms with Crippen molar-refractivity contribution in [3.05, 3.63) is 53.7 Å². The van der Waals surface area contributed by atoms with Gasteiger partial charge in [-0.1, -0.05) is 12.1 Å². The largest absolute Gasteiger partial charge is 0.481 e. The monoisotopic (exact) mass is 353 g/mol. The minimum absolute atomic E-state index is 0.0664. The lowest BCUT2D eigenvalue weighted by atomic mass is 10.1. The number of hydrazine groups is 1. The van der Waals surface area contributed by atoms with E-state index in [1.54, 1.807) is 36.4 Å². The van der Waals surface area contributed by atoms with Gasteiger partial charge in [0.15, 0.2) is 0 Å². The number of benzene rings is 1. The van der Waals surface area contributed by atoms with E-state index in [1.165, 1.54) is 19.4 Å². The quantitative estimate of drug-likeness (QED) is 0.515. The number of hydrogen-bond donors (Lipinski definition) is 3. The Kier molecular flexibility index (Phi) is 5.43. The number of hydrogen-bond acceptors (Lipinski definition) is 6. The summed E-state index contributed by atoms with van der Waals surface area (Å²) in [6.07, 6.45) is 6.63. The molecule has 1 aliphatic rings. The average molecular weight is 353 g/mol. The number of anilines is 1. The van der Waals surface area contributed by atoms with Crippen molar-refractivity contribution < 1.29 is 14.3 Å². The van der Waals surface area contributed by atoms with Crippen molar-refractivity contribution in [2.75, 3.05) is 12.5 Å². The fourth-order valence-electron chi connectivity index (χ4n) is 2.09. The van der Waals surface area contributed by atoms with Gasteiger partial charge in [0.25, 0.3) is 11.8 Å². The molecule has 0 unspecified atom stereocenters. The molecule has 26 heavy (non-hydrogen) atoms. The van der Waals surface area contributed by atoms with Crippen LogP contribution in [0.4, 0.5) is 5.95 Å². The Bertz CT molecular complexity index is 816. The first-order valence-electron chi connectivity index (χ1n) is 8.16. The second kappa shape index (κ2) is 8.11. The Morgan fingerprint density at radius 2 is 1.96 bits per heavy atom. The number of nitrogens with zero attached hydrogens (tertiary/aromatic N) is 2. The highest BCUT2D eigenvalue weighted by molar-refractivity contribution is 5.95. The Hall–Kier alpha value is -3.42. The fourth-order valence-corrected chi connectivity index (χ4v) is 2.09. The number of amides is 2. The third kappa shape index (κ3) is 5.04. The van der Waals surface area contributed by atoms with Gasteiger partial charge in [-0.15, -0.1) is 0 Å². The third-order valence-corrected chi connectivity index (χ3v) is 3.65. The van der Waals surface area contributed by atoms with Gasteiger partial charge in [0.2, 0.25) is 11.8 Å². The van der Waals surface area contributed by atoms with Crippen molar-refractivity contribution in [2.24, 2.45) is 0 Å².